The molecule has 0 bridgehead atoms. The van der Waals surface area contributed by atoms with Crippen LogP contribution in [-0.4, -0.2) is 39.2 Å². The van der Waals surface area contributed by atoms with Crippen LogP contribution in [0.4, 0.5) is 5.69 Å². The van der Waals surface area contributed by atoms with Crippen LogP contribution in [0.3, 0.4) is 0 Å². The molecule has 8 heteroatoms. The molecular formula is C21H29IN4O3. The maximum atomic E-state index is 11.8. The van der Waals surface area contributed by atoms with Gasteiger partial charge in [0.05, 0.1) is 20.3 Å². The minimum absolute atomic E-state index is 0. The van der Waals surface area contributed by atoms with Gasteiger partial charge in [0.15, 0.2) is 17.5 Å². The predicted molar refractivity (Wildman–Crippen MR) is 128 cm³/mol. The Morgan fingerprint density at radius 3 is 2.55 bits per heavy atom. The van der Waals surface area contributed by atoms with Crippen molar-refractivity contribution in [2.45, 2.75) is 20.4 Å². The van der Waals surface area contributed by atoms with Crippen LogP contribution >= 0.6 is 24.0 Å². The van der Waals surface area contributed by atoms with E-state index in [1.165, 1.54) is 0 Å². The summed E-state index contributed by atoms with van der Waals surface area (Å²) in [5.41, 5.74) is 2.40. The molecular weight excluding hydrogens is 483 g/mol. The van der Waals surface area contributed by atoms with E-state index in [9.17, 15) is 4.79 Å². The second kappa shape index (κ2) is 12.9. The Labute approximate surface area is 189 Å². The van der Waals surface area contributed by atoms with Crippen LogP contribution in [0.1, 0.15) is 29.8 Å². The van der Waals surface area contributed by atoms with E-state index in [1.54, 1.807) is 20.2 Å². The molecule has 0 fully saturated rings. The summed E-state index contributed by atoms with van der Waals surface area (Å²) in [6.45, 7) is 5.64. The zero-order valence-electron chi connectivity index (χ0n) is 17.2. The van der Waals surface area contributed by atoms with Crippen molar-refractivity contribution in [1.29, 1.82) is 0 Å². The summed E-state index contributed by atoms with van der Waals surface area (Å²) in [5, 5.41) is 9.12. The molecule has 1 amide bonds. The van der Waals surface area contributed by atoms with Crippen molar-refractivity contribution in [2.75, 3.05) is 32.6 Å². The minimum Gasteiger partial charge on any atom is -0.493 e. The van der Waals surface area contributed by atoms with Crippen LogP contribution in [-0.2, 0) is 6.54 Å². The van der Waals surface area contributed by atoms with Crippen LogP contribution in [0.2, 0.25) is 0 Å². The topological polar surface area (TPSA) is 84.0 Å². The number of hydrogen-bond donors (Lipinski definition) is 3. The van der Waals surface area contributed by atoms with Gasteiger partial charge in [-0.2, -0.15) is 0 Å². The van der Waals surface area contributed by atoms with Gasteiger partial charge in [0.1, 0.15) is 0 Å². The lowest BCUT2D eigenvalue weighted by Gasteiger charge is -2.14. The van der Waals surface area contributed by atoms with Gasteiger partial charge in [0.2, 0.25) is 0 Å². The largest absolute Gasteiger partial charge is 0.493 e. The van der Waals surface area contributed by atoms with Crippen LogP contribution < -0.4 is 25.4 Å². The van der Waals surface area contributed by atoms with Gasteiger partial charge in [0, 0.05) is 30.9 Å². The lowest BCUT2D eigenvalue weighted by atomic mass is 10.1. The standard InChI is InChI=1S/C21H28N4O3.HI/c1-5-23-21(24-14-15-8-7-9-16(12-15)20(26)22-3)25-17-10-11-18(27-4)19(13-17)28-6-2;/h7-13H,5-6,14H2,1-4H3,(H,22,26)(H2,23,24,25);1H. The fourth-order valence-corrected chi connectivity index (χ4v) is 2.59. The van der Waals surface area contributed by atoms with Crippen molar-refractivity contribution >= 4 is 41.5 Å². The molecule has 0 heterocycles. The van der Waals surface area contributed by atoms with Gasteiger partial charge in [-0.15, -0.1) is 24.0 Å². The summed E-state index contributed by atoms with van der Waals surface area (Å²) in [6.07, 6.45) is 0. The second-order valence-electron chi connectivity index (χ2n) is 5.90. The molecule has 29 heavy (non-hydrogen) atoms. The maximum Gasteiger partial charge on any atom is 0.251 e. The molecule has 2 aromatic rings. The molecule has 158 valence electrons. The van der Waals surface area contributed by atoms with Crippen LogP contribution in [0, 0.1) is 0 Å². The van der Waals surface area contributed by atoms with Crippen molar-refractivity contribution < 1.29 is 14.3 Å². The van der Waals surface area contributed by atoms with Crippen molar-refractivity contribution in [2.24, 2.45) is 4.99 Å². The lowest BCUT2D eigenvalue weighted by molar-refractivity contribution is 0.0963. The number of halogens is 1. The predicted octanol–water partition coefficient (Wildman–Crippen LogP) is 3.65. The lowest BCUT2D eigenvalue weighted by Crippen LogP contribution is -2.30. The third-order valence-corrected chi connectivity index (χ3v) is 3.91. The number of amides is 1. The number of ether oxygens (including phenoxy) is 2. The molecule has 0 aromatic heterocycles. The summed E-state index contributed by atoms with van der Waals surface area (Å²) in [7, 11) is 3.23. The molecule has 0 aliphatic carbocycles. The van der Waals surface area contributed by atoms with Crippen LogP contribution in [0.15, 0.2) is 47.5 Å². The third-order valence-electron chi connectivity index (χ3n) is 3.91. The molecule has 0 spiro atoms. The van der Waals surface area contributed by atoms with E-state index in [1.807, 2.05) is 50.2 Å². The number of nitrogens with zero attached hydrogens (tertiary/aromatic N) is 1. The zero-order valence-corrected chi connectivity index (χ0v) is 19.6. The van der Waals surface area contributed by atoms with Gasteiger partial charge >= 0.3 is 0 Å². The number of benzene rings is 2. The van der Waals surface area contributed by atoms with Gasteiger partial charge in [-0.3, -0.25) is 4.79 Å². The molecule has 0 aliphatic rings. The van der Waals surface area contributed by atoms with Crippen molar-refractivity contribution in [3.63, 3.8) is 0 Å². The molecule has 3 N–H and O–H groups in total. The van der Waals surface area contributed by atoms with E-state index in [2.05, 4.69) is 20.9 Å². The minimum atomic E-state index is -0.113. The van der Waals surface area contributed by atoms with E-state index in [0.717, 1.165) is 17.8 Å². The number of aliphatic imine (C=N–C) groups is 1. The number of nitrogens with one attached hydrogen (secondary N) is 3. The fraction of sp³-hybridized carbons (Fsp3) is 0.333. The number of carbonyl (C=O) groups is 1. The third kappa shape index (κ3) is 7.45. The van der Waals surface area contributed by atoms with Gasteiger partial charge in [-0.05, 0) is 43.7 Å². The van der Waals surface area contributed by atoms with Gasteiger partial charge < -0.3 is 25.4 Å². The number of anilines is 1. The summed E-state index contributed by atoms with van der Waals surface area (Å²) >= 11 is 0. The van der Waals surface area contributed by atoms with E-state index in [0.29, 0.717) is 36.2 Å². The van der Waals surface area contributed by atoms with Gasteiger partial charge in [-0.1, -0.05) is 12.1 Å². The van der Waals surface area contributed by atoms with E-state index in [-0.39, 0.29) is 29.9 Å². The first-order valence-corrected chi connectivity index (χ1v) is 9.28. The monoisotopic (exact) mass is 512 g/mol. The number of methoxy groups -OCH3 is 1. The zero-order chi connectivity index (χ0) is 20.4. The molecule has 0 radical (unpaired) electrons. The Kier molecular flexibility index (Phi) is 10.9. The summed E-state index contributed by atoms with van der Waals surface area (Å²) < 4.78 is 10.9. The Balaban J connectivity index is 0.00000420. The molecule has 7 nitrogen and oxygen atoms in total. The SMILES string of the molecule is CCNC(=NCc1cccc(C(=O)NC)c1)Nc1ccc(OC)c(OCC)c1.I. The Morgan fingerprint density at radius 2 is 1.90 bits per heavy atom. The Bertz CT molecular complexity index is 827. The highest BCUT2D eigenvalue weighted by Gasteiger charge is 2.08. The molecule has 0 aliphatic heterocycles. The normalized spacial score (nSPS) is 10.6. The number of guanidine groups is 1. The van der Waals surface area contributed by atoms with Crippen molar-refractivity contribution in [3.05, 3.63) is 53.6 Å². The van der Waals surface area contributed by atoms with Gasteiger partial charge in [0.25, 0.3) is 5.91 Å². The Hall–Kier alpha value is -2.49. The molecule has 0 saturated heterocycles. The quantitative estimate of drug-likeness (QED) is 0.286. The molecule has 0 saturated carbocycles. The number of carbonyl (C=O) groups excluding carboxylic acids is 1. The van der Waals surface area contributed by atoms with Crippen molar-refractivity contribution in [3.8, 4) is 11.5 Å². The highest BCUT2D eigenvalue weighted by Crippen LogP contribution is 2.30. The first-order chi connectivity index (χ1) is 13.6. The first-order valence-electron chi connectivity index (χ1n) is 9.28. The maximum absolute atomic E-state index is 11.8. The van der Waals surface area contributed by atoms with E-state index < -0.39 is 0 Å². The first kappa shape index (κ1) is 24.5. The summed E-state index contributed by atoms with van der Waals surface area (Å²) in [5.74, 6) is 1.88. The van der Waals surface area contributed by atoms with E-state index >= 15 is 0 Å². The number of hydrogen-bond acceptors (Lipinski definition) is 4. The van der Waals surface area contributed by atoms with Crippen molar-refractivity contribution in [1.82, 2.24) is 10.6 Å². The summed E-state index contributed by atoms with van der Waals surface area (Å²) in [6, 6.07) is 13.0. The average molecular weight is 512 g/mol. The highest BCUT2D eigenvalue weighted by atomic mass is 127. The second-order valence-corrected chi connectivity index (χ2v) is 5.90. The van der Waals surface area contributed by atoms with Gasteiger partial charge in [-0.25, -0.2) is 4.99 Å². The number of rotatable bonds is 8. The molecule has 2 rings (SSSR count). The van der Waals surface area contributed by atoms with E-state index in [4.69, 9.17) is 9.47 Å². The fourth-order valence-electron chi connectivity index (χ4n) is 2.59. The Morgan fingerprint density at radius 1 is 1.10 bits per heavy atom. The van der Waals surface area contributed by atoms with Crippen LogP contribution in [0.25, 0.3) is 0 Å². The molecule has 2 aromatic carbocycles. The summed E-state index contributed by atoms with van der Waals surface area (Å²) in [4.78, 5) is 16.4. The molecule has 0 unspecified atom stereocenters. The van der Waals surface area contributed by atoms with Crippen LogP contribution in [0.5, 0.6) is 11.5 Å². The highest BCUT2D eigenvalue weighted by molar-refractivity contribution is 14.0. The molecule has 0 atom stereocenters. The average Bonchev–Trinajstić information content (AvgIpc) is 2.72. The smallest absolute Gasteiger partial charge is 0.251 e.